The first kappa shape index (κ1) is 18.3. The molecule has 2 aliphatic rings. The molecule has 2 heterocycles. The predicted molar refractivity (Wildman–Crippen MR) is 94.0 cm³/mol. The number of rotatable bonds is 5. The molecule has 23 heavy (non-hydrogen) atoms. The standard InChI is InChI=1S/C17H28N4O.ClH/c1-12(7-8-13-5-3-2-4-6-13)19-17(22)16-14-11-18-10-9-15(14)20-21-16;/h12-13,18H,2-11H2,1H3,(H,19,22)(H,20,21);1H. The Hall–Kier alpha value is -1.07. The number of nitrogens with zero attached hydrogens (tertiary/aromatic N) is 1. The first-order chi connectivity index (χ1) is 10.7. The van der Waals surface area contributed by atoms with E-state index in [-0.39, 0.29) is 24.4 Å². The second-order valence-corrected chi connectivity index (χ2v) is 6.91. The summed E-state index contributed by atoms with van der Waals surface area (Å²) in [6.45, 7) is 3.80. The van der Waals surface area contributed by atoms with Crippen LogP contribution < -0.4 is 10.6 Å². The van der Waals surface area contributed by atoms with Crippen LogP contribution in [0.25, 0.3) is 0 Å². The number of carbonyl (C=O) groups excluding carboxylic acids is 1. The Morgan fingerprint density at radius 1 is 1.35 bits per heavy atom. The molecule has 0 radical (unpaired) electrons. The molecule has 1 fully saturated rings. The Labute approximate surface area is 144 Å². The van der Waals surface area contributed by atoms with Gasteiger partial charge in [-0.25, -0.2) is 0 Å². The molecule has 130 valence electrons. The molecule has 3 N–H and O–H groups in total. The number of halogens is 1. The van der Waals surface area contributed by atoms with E-state index in [0.717, 1.165) is 43.1 Å². The summed E-state index contributed by atoms with van der Waals surface area (Å²) in [5, 5.41) is 13.7. The van der Waals surface area contributed by atoms with E-state index in [9.17, 15) is 4.79 Å². The molecule has 0 saturated heterocycles. The van der Waals surface area contributed by atoms with Crippen LogP contribution in [0, 0.1) is 5.92 Å². The molecule has 3 rings (SSSR count). The molecule has 0 spiro atoms. The minimum absolute atomic E-state index is 0. The molecule has 1 unspecified atom stereocenters. The van der Waals surface area contributed by atoms with Crippen LogP contribution in [0.15, 0.2) is 0 Å². The van der Waals surface area contributed by atoms with Gasteiger partial charge >= 0.3 is 0 Å². The molecule has 1 aromatic heterocycles. The van der Waals surface area contributed by atoms with E-state index in [2.05, 4.69) is 27.8 Å². The Kier molecular flexibility index (Phi) is 6.90. The van der Waals surface area contributed by atoms with Crippen molar-refractivity contribution < 1.29 is 4.79 Å². The van der Waals surface area contributed by atoms with Gasteiger partial charge < -0.3 is 10.6 Å². The first-order valence-electron chi connectivity index (χ1n) is 8.81. The van der Waals surface area contributed by atoms with Crippen LogP contribution in [-0.2, 0) is 13.0 Å². The number of hydrogen-bond acceptors (Lipinski definition) is 3. The lowest BCUT2D eigenvalue weighted by atomic mass is 9.85. The molecule has 5 nitrogen and oxygen atoms in total. The van der Waals surface area contributed by atoms with Crippen molar-refractivity contribution in [2.75, 3.05) is 6.54 Å². The van der Waals surface area contributed by atoms with Crippen molar-refractivity contribution in [1.82, 2.24) is 20.8 Å². The number of aromatic nitrogens is 2. The maximum Gasteiger partial charge on any atom is 0.272 e. The lowest BCUT2D eigenvalue weighted by Crippen LogP contribution is -2.34. The zero-order valence-corrected chi connectivity index (χ0v) is 14.8. The monoisotopic (exact) mass is 340 g/mol. The largest absolute Gasteiger partial charge is 0.348 e. The van der Waals surface area contributed by atoms with Gasteiger partial charge in [-0.1, -0.05) is 32.1 Å². The average Bonchev–Trinajstić information content (AvgIpc) is 2.98. The van der Waals surface area contributed by atoms with Crippen LogP contribution in [0.2, 0.25) is 0 Å². The minimum Gasteiger partial charge on any atom is -0.348 e. The highest BCUT2D eigenvalue weighted by Crippen LogP contribution is 2.27. The normalized spacial score (nSPS) is 19.5. The quantitative estimate of drug-likeness (QED) is 0.771. The summed E-state index contributed by atoms with van der Waals surface area (Å²) in [6, 6.07) is 0.221. The van der Waals surface area contributed by atoms with Crippen molar-refractivity contribution in [2.45, 2.75) is 70.9 Å². The van der Waals surface area contributed by atoms with Crippen molar-refractivity contribution in [2.24, 2.45) is 5.92 Å². The number of nitrogens with one attached hydrogen (secondary N) is 3. The fourth-order valence-corrected chi connectivity index (χ4v) is 3.74. The molecule has 1 aromatic rings. The summed E-state index contributed by atoms with van der Waals surface area (Å²) in [4.78, 5) is 12.4. The fraction of sp³-hybridized carbons (Fsp3) is 0.765. The smallest absolute Gasteiger partial charge is 0.272 e. The number of fused-ring (bicyclic) bond motifs is 1. The third kappa shape index (κ3) is 4.70. The first-order valence-corrected chi connectivity index (χ1v) is 8.81. The van der Waals surface area contributed by atoms with Gasteiger partial charge in [-0.2, -0.15) is 5.10 Å². The lowest BCUT2D eigenvalue weighted by Gasteiger charge is -2.23. The second-order valence-electron chi connectivity index (χ2n) is 6.91. The van der Waals surface area contributed by atoms with Gasteiger partial charge in [0.05, 0.1) is 0 Å². The highest BCUT2D eigenvalue weighted by Gasteiger charge is 2.22. The third-order valence-electron chi connectivity index (χ3n) is 5.13. The van der Waals surface area contributed by atoms with Gasteiger partial charge in [0.15, 0.2) is 5.69 Å². The van der Waals surface area contributed by atoms with Gasteiger partial charge in [0.25, 0.3) is 5.91 Å². The third-order valence-corrected chi connectivity index (χ3v) is 5.13. The van der Waals surface area contributed by atoms with E-state index in [1.54, 1.807) is 0 Å². The van der Waals surface area contributed by atoms with E-state index in [1.807, 2.05) is 0 Å². The van der Waals surface area contributed by atoms with Crippen LogP contribution >= 0.6 is 12.4 Å². The molecule has 1 saturated carbocycles. The van der Waals surface area contributed by atoms with Gasteiger partial charge in [-0.15, -0.1) is 12.4 Å². The van der Waals surface area contributed by atoms with Gasteiger partial charge in [-0.3, -0.25) is 9.89 Å². The number of carbonyl (C=O) groups is 1. The zero-order chi connectivity index (χ0) is 15.4. The van der Waals surface area contributed by atoms with Crippen LogP contribution in [-0.4, -0.2) is 28.7 Å². The summed E-state index contributed by atoms with van der Waals surface area (Å²) < 4.78 is 0. The van der Waals surface area contributed by atoms with Crippen molar-refractivity contribution in [3.63, 3.8) is 0 Å². The molecule has 1 aliphatic carbocycles. The highest BCUT2D eigenvalue weighted by molar-refractivity contribution is 5.94. The molecular weight excluding hydrogens is 312 g/mol. The summed E-state index contributed by atoms with van der Waals surface area (Å²) >= 11 is 0. The number of amides is 1. The van der Waals surface area contributed by atoms with Crippen molar-refractivity contribution in [1.29, 1.82) is 0 Å². The van der Waals surface area contributed by atoms with Gasteiger partial charge in [0.2, 0.25) is 0 Å². The Morgan fingerprint density at radius 2 is 2.13 bits per heavy atom. The Morgan fingerprint density at radius 3 is 2.91 bits per heavy atom. The molecule has 0 bridgehead atoms. The summed E-state index contributed by atoms with van der Waals surface area (Å²) in [6.07, 6.45) is 10.2. The molecule has 6 heteroatoms. The lowest BCUT2D eigenvalue weighted by molar-refractivity contribution is 0.0930. The van der Waals surface area contributed by atoms with E-state index >= 15 is 0 Å². The van der Waals surface area contributed by atoms with Crippen LogP contribution in [0.3, 0.4) is 0 Å². The van der Waals surface area contributed by atoms with Crippen LogP contribution in [0.4, 0.5) is 0 Å². The van der Waals surface area contributed by atoms with E-state index in [1.165, 1.54) is 38.5 Å². The van der Waals surface area contributed by atoms with Gasteiger partial charge in [-0.05, 0) is 25.7 Å². The molecule has 0 aromatic carbocycles. The Bertz CT molecular complexity index is 511. The molecule has 1 aliphatic heterocycles. The molecular formula is C17H29ClN4O. The second kappa shape index (κ2) is 8.69. The zero-order valence-electron chi connectivity index (χ0n) is 14.0. The maximum absolute atomic E-state index is 12.4. The number of hydrogen-bond donors (Lipinski definition) is 3. The highest BCUT2D eigenvalue weighted by atomic mass is 35.5. The summed E-state index contributed by atoms with van der Waals surface area (Å²) in [5.74, 6) is 0.841. The van der Waals surface area contributed by atoms with E-state index < -0.39 is 0 Å². The van der Waals surface area contributed by atoms with Crippen molar-refractivity contribution in [3.8, 4) is 0 Å². The molecule has 1 amide bonds. The number of aromatic amines is 1. The van der Waals surface area contributed by atoms with Gasteiger partial charge in [0.1, 0.15) is 0 Å². The summed E-state index contributed by atoms with van der Waals surface area (Å²) in [7, 11) is 0. The van der Waals surface area contributed by atoms with Crippen LogP contribution in [0.5, 0.6) is 0 Å². The minimum atomic E-state index is -0.0302. The predicted octanol–water partition coefficient (Wildman–Crippen LogP) is 2.96. The van der Waals surface area contributed by atoms with E-state index in [0.29, 0.717) is 5.69 Å². The van der Waals surface area contributed by atoms with Gasteiger partial charge in [0, 0.05) is 36.8 Å². The summed E-state index contributed by atoms with van der Waals surface area (Å²) in [5.41, 5.74) is 2.73. The van der Waals surface area contributed by atoms with E-state index in [4.69, 9.17) is 0 Å². The number of H-pyrrole nitrogens is 1. The maximum atomic E-state index is 12.4. The average molecular weight is 341 g/mol. The topological polar surface area (TPSA) is 69.8 Å². The Balaban J connectivity index is 0.00000192. The molecule has 1 atom stereocenters. The SMILES string of the molecule is CC(CCC1CCCCC1)NC(=O)c1n[nH]c2c1CNCC2.Cl. The van der Waals surface area contributed by atoms with Crippen molar-refractivity contribution >= 4 is 18.3 Å². The van der Waals surface area contributed by atoms with Crippen LogP contribution in [0.1, 0.15) is 73.6 Å². The van der Waals surface area contributed by atoms with Crippen molar-refractivity contribution in [3.05, 3.63) is 17.0 Å². The fourth-order valence-electron chi connectivity index (χ4n) is 3.74.